The predicted molar refractivity (Wildman–Crippen MR) is 65.1 cm³/mol. The van der Waals surface area contributed by atoms with E-state index >= 15 is 0 Å². The molecule has 0 spiro atoms. The van der Waals surface area contributed by atoms with E-state index in [9.17, 15) is 0 Å². The molecule has 0 radical (unpaired) electrons. The van der Waals surface area contributed by atoms with Gasteiger partial charge in [-0.2, -0.15) is 0 Å². The first-order chi connectivity index (χ1) is 7.15. The van der Waals surface area contributed by atoms with E-state index in [1.165, 1.54) is 10.9 Å². The summed E-state index contributed by atoms with van der Waals surface area (Å²) in [6.07, 6.45) is 1.88. The van der Waals surface area contributed by atoms with Crippen LogP contribution in [-0.2, 0) is 0 Å². The standard InChI is InChI=1S/C14H16O/c1-5-11-10(4)15-13-8-6-7-12(9(2)3)14(11)13/h5-9H,1H2,2-4H3. The highest BCUT2D eigenvalue weighted by Crippen LogP contribution is 2.32. The van der Waals surface area contributed by atoms with E-state index in [2.05, 4.69) is 26.5 Å². The van der Waals surface area contributed by atoms with Crippen molar-refractivity contribution in [1.82, 2.24) is 0 Å². The van der Waals surface area contributed by atoms with E-state index in [1.54, 1.807) is 0 Å². The summed E-state index contributed by atoms with van der Waals surface area (Å²) >= 11 is 0. The van der Waals surface area contributed by atoms with Crippen molar-refractivity contribution in [2.24, 2.45) is 0 Å². The molecule has 0 bridgehead atoms. The summed E-state index contributed by atoms with van der Waals surface area (Å²) in [5.41, 5.74) is 3.43. The molecule has 2 rings (SSSR count). The fourth-order valence-electron chi connectivity index (χ4n) is 2.04. The van der Waals surface area contributed by atoms with Crippen LogP contribution in [-0.4, -0.2) is 0 Å². The van der Waals surface area contributed by atoms with Gasteiger partial charge in [0, 0.05) is 10.9 Å². The van der Waals surface area contributed by atoms with Crippen molar-refractivity contribution in [3.63, 3.8) is 0 Å². The third-order valence-corrected chi connectivity index (χ3v) is 2.80. The van der Waals surface area contributed by atoms with Crippen LogP contribution in [0.25, 0.3) is 17.0 Å². The zero-order chi connectivity index (χ0) is 11.0. The molecule has 0 saturated carbocycles. The predicted octanol–water partition coefficient (Wildman–Crippen LogP) is 4.51. The second-order valence-electron chi connectivity index (χ2n) is 4.15. The highest BCUT2D eigenvalue weighted by atomic mass is 16.3. The van der Waals surface area contributed by atoms with E-state index in [4.69, 9.17) is 4.42 Å². The average molecular weight is 200 g/mol. The fourth-order valence-corrected chi connectivity index (χ4v) is 2.04. The molecule has 0 aliphatic heterocycles. The number of furan rings is 1. The Morgan fingerprint density at radius 3 is 2.67 bits per heavy atom. The lowest BCUT2D eigenvalue weighted by Crippen LogP contribution is -1.88. The number of fused-ring (bicyclic) bond motifs is 1. The van der Waals surface area contributed by atoms with Crippen LogP contribution in [0.15, 0.2) is 29.2 Å². The molecule has 0 fully saturated rings. The highest BCUT2D eigenvalue weighted by molar-refractivity contribution is 5.91. The van der Waals surface area contributed by atoms with Crippen molar-refractivity contribution >= 4 is 17.0 Å². The molecule has 2 aromatic rings. The maximum Gasteiger partial charge on any atom is 0.135 e. The summed E-state index contributed by atoms with van der Waals surface area (Å²) in [6.45, 7) is 10.2. The third kappa shape index (κ3) is 1.48. The van der Waals surface area contributed by atoms with Gasteiger partial charge in [-0.05, 0) is 24.5 Å². The van der Waals surface area contributed by atoms with Crippen LogP contribution in [0.4, 0.5) is 0 Å². The first-order valence-corrected chi connectivity index (χ1v) is 5.29. The molecule has 78 valence electrons. The number of aryl methyl sites for hydroxylation is 1. The minimum absolute atomic E-state index is 0.504. The summed E-state index contributed by atoms with van der Waals surface area (Å²) in [4.78, 5) is 0. The molecule has 15 heavy (non-hydrogen) atoms. The summed E-state index contributed by atoms with van der Waals surface area (Å²) in [7, 11) is 0. The largest absolute Gasteiger partial charge is 0.461 e. The second-order valence-corrected chi connectivity index (χ2v) is 4.15. The van der Waals surface area contributed by atoms with Crippen LogP contribution in [0.2, 0.25) is 0 Å². The fraction of sp³-hybridized carbons (Fsp3) is 0.286. The summed E-state index contributed by atoms with van der Waals surface area (Å²) < 4.78 is 5.71. The molecule has 1 heterocycles. The van der Waals surface area contributed by atoms with Crippen molar-refractivity contribution < 1.29 is 4.42 Å². The molecule has 1 nitrogen and oxygen atoms in total. The lowest BCUT2D eigenvalue weighted by molar-refractivity contribution is 0.577. The second kappa shape index (κ2) is 3.58. The van der Waals surface area contributed by atoms with Gasteiger partial charge in [0.05, 0.1) is 0 Å². The van der Waals surface area contributed by atoms with Gasteiger partial charge in [0.25, 0.3) is 0 Å². The first-order valence-electron chi connectivity index (χ1n) is 5.29. The van der Waals surface area contributed by atoms with Crippen LogP contribution in [0, 0.1) is 6.92 Å². The van der Waals surface area contributed by atoms with Crippen LogP contribution < -0.4 is 0 Å². The lowest BCUT2D eigenvalue weighted by atomic mass is 9.96. The van der Waals surface area contributed by atoms with Crippen LogP contribution in [0.5, 0.6) is 0 Å². The first kappa shape index (κ1) is 10.0. The highest BCUT2D eigenvalue weighted by Gasteiger charge is 2.13. The zero-order valence-corrected chi connectivity index (χ0v) is 9.50. The number of rotatable bonds is 2. The minimum atomic E-state index is 0.504. The van der Waals surface area contributed by atoms with Crippen LogP contribution in [0.3, 0.4) is 0 Å². The minimum Gasteiger partial charge on any atom is -0.461 e. The quantitative estimate of drug-likeness (QED) is 0.695. The Morgan fingerprint density at radius 1 is 1.33 bits per heavy atom. The van der Waals surface area contributed by atoms with Crippen LogP contribution >= 0.6 is 0 Å². The smallest absolute Gasteiger partial charge is 0.135 e. The van der Waals surface area contributed by atoms with Crippen LogP contribution in [0.1, 0.15) is 36.7 Å². The SMILES string of the molecule is C=Cc1c(C)oc2cccc(C(C)C)c12. The Morgan fingerprint density at radius 2 is 2.07 bits per heavy atom. The maximum atomic E-state index is 5.71. The van der Waals surface area contributed by atoms with Crippen molar-refractivity contribution in [2.45, 2.75) is 26.7 Å². The van der Waals surface area contributed by atoms with E-state index < -0.39 is 0 Å². The number of benzene rings is 1. The molecule has 0 unspecified atom stereocenters. The van der Waals surface area contributed by atoms with Gasteiger partial charge in [0.15, 0.2) is 0 Å². The Kier molecular flexibility index (Phi) is 2.39. The molecule has 1 aromatic carbocycles. The topological polar surface area (TPSA) is 13.1 Å². The molecule has 0 aliphatic carbocycles. The van der Waals surface area contributed by atoms with Gasteiger partial charge in [-0.25, -0.2) is 0 Å². The Bertz CT molecular complexity index is 503. The third-order valence-electron chi connectivity index (χ3n) is 2.80. The Balaban J connectivity index is 2.87. The summed E-state index contributed by atoms with van der Waals surface area (Å²) in [5, 5.41) is 1.22. The molecule has 0 saturated heterocycles. The molecule has 1 heteroatoms. The number of hydrogen-bond donors (Lipinski definition) is 0. The molecule has 0 N–H and O–H groups in total. The van der Waals surface area contributed by atoms with E-state index in [0.29, 0.717) is 5.92 Å². The molecule has 0 atom stereocenters. The summed E-state index contributed by atoms with van der Waals surface area (Å²) in [5.74, 6) is 1.46. The maximum absolute atomic E-state index is 5.71. The molecule has 1 aromatic heterocycles. The summed E-state index contributed by atoms with van der Waals surface area (Å²) in [6, 6.07) is 6.23. The van der Waals surface area contributed by atoms with E-state index in [1.807, 2.05) is 25.1 Å². The zero-order valence-electron chi connectivity index (χ0n) is 9.50. The van der Waals surface area contributed by atoms with Gasteiger partial charge in [0.2, 0.25) is 0 Å². The lowest BCUT2D eigenvalue weighted by Gasteiger charge is -2.06. The Hall–Kier alpha value is -1.50. The molecule has 0 amide bonds. The van der Waals surface area contributed by atoms with Crippen molar-refractivity contribution in [2.75, 3.05) is 0 Å². The van der Waals surface area contributed by atoms with Crippen molar-refractivity contribution in [3.8, 4) is 0 Å². The normalized spacial score (nSPS) is 11.2. The average Bonchev–Trinajstić information content (AvgIpc) is 2.52. The van der Waals surface area contributed by atoms with Gasteiger partial charge in [-0.3, -0.25) is 0 Å². The van der Waals surface area contributed by atoms with Gasteiger partial charge in [-0.1, -0.05) is 38.6 Å². The Labute approximate surface area is 90.4 Å². The van der Waals surface area contributed by atoms with E-state index in [-0.39, 0.29) is 0 Å². The molecule has 0 aliphatic rings. The number of hydrogen-bond acceptors (Lipinski definition) is 1. The van der Waals surface area contributed by atoms with Gasteiger partial charge < -0.3 is 4.42 Å². The van der Waals surface area contributed by atoms with Crippen molar-refractivity contribution in [3.05, 3.63) is 41.7 Å². The van der Waals surface area contributed by atoms with Gasteiger partial charge in [0.1, 0.15) is 11.3 Å². The van der Waals surface area contributed by atoms with E-state index in [0.717, 1.165) is 16.9 Å². The molecular formula is C14H16O. The van der Waals surface area contributed by atoms with Gasteiger partial charge in [-0.15, -0.1) is 0 Å². The monoisotopic (exact) mass is 200 g/mol. The van der Waals surface area contributed by atoms with Gasteiger partial charge >= 0.3 is 0 Å². The molecular weight excluding hydrogens is 184 g/mol. The van der Waals surface area contributed by atoms with Crippen molar-refractivity contribution in [1.29, 1.82) is 0 Å².